The number of H-pyrrole nitrogens is 1. The van der Waals surface area contributed by atoms with E-state index in [9.17, 15) is 4.79 Å². The van der Waals surface area contributed by atoms with Crippen LogP contribution in [0.4, 0.5) is 5.82 Å². The van der Waals surface area contributed by atoms with Gasteiger partial charge < -0.3 is 14.6 Å². The second-order valence-corrected chi connectivity index (χ2v) is 3.36. The Kier molecular flexibility index (Phi) is 4.15. The summed E-state index contributed by atoms with van der Waals surface area (Å²) < 4.78 is 5.03. The molecule has 0 atom stereocenters. The predicted octanol–water partition coefficient (Wildman–Crippen LogP) is 1.01. The van der Waals surface area contributed by atoms with Crippen LogP contribution in [0.1, 0.15) is 19.8 Å². The lowest BCUT2D eigenvalue weighted by Gasteiger charge is -2.18. The Morgan fingerprint density at radius 2 is 2.33 bits per heavy atom. The van der Waals surface area contributed by atoms with Crippen molar-refractivity contribution in [1.29, 1.82) is 0 Å². The van der Waals surface area contributed by atoms with E-state index in [1.54, 1.807) is 0 Å². The summed E-state index contributed by atoms with van der Waals surface area (Å²) in [5.74, 6) is 0.866. The highest BCUT2D eigenvalue weighted by molar-refractivity contribution is 5.49. The molecule has 0 aromatic carbocycles. The van der Waals surface area contributed by atoms with Crippen molar-refractivity contribution in [1.82, 2.24) is 9.97 Å². The summed E-state index contributed by atoms with van der Waals surface area (Å²) in [7, 11) is 3.38. The first-order chi connectivity index (χ1) is 7.20. The normalized spacial score (nSPS) is 10.1. The number of nitrogens with one attached hydrogen (secondary N) is 1. The van der Waals surface area contributed by atoms with E-state index in [1.807, 2.05) is 11.9 Å². The van der Waals surface area contributed by atoms with Gasteiger partial charge in [-0.2, -0.15) is 0 Å². The number of nitrogens with zero attached hydrogens (tertiary/aromatic N) is 2. The molecule has 0 amide bonds. The van der Waals surface area contributed by atoms with Gasteiger partial charge in [0.15, 0.2) is 5.82 Å². The monoisotopic (exact) mass is 211 g/mol. The number of anilines is 1. The molecule has 0 unspecified atom stereocenters. The summed E-state index contributed by atoms with van der Waals surface area (Å²) in [6, 6.07) is 0. The Morgan fingerprint density at radius 1 is 1.60 bits per heavy atom. The average Bonchev–Trinajstić information content (AvgIpc) is 2.25. The van der Waals surface area contributed by atoms with Gasteiger partial charge in [-0.1, -0.05) is 13.3 Å². The molecule has 5 heteroatoms. The van der Waals surface area contributed by atoms with Gasteiger partial charge in [0.1, 0.15) is 0 Å². The maximum Gasteiger partial charge on any atom is 0.295 e. The summed E-state index contributed by atoms with van der Waals surface area (Å²) in [6.07, 6.45) is 3.56. The van der Waals surface area contributed by atoms with Crippen LogP contribution in [0, 0.1) is 0 Å². The molecule has 0 radical (unpaired) electrons. The van der Waals surface area contributed by atoms with Gasteiger partial charge in [-0.3, -0.25) is 4.79 Å². The number of unbranched alkanes of at least 4 members (excludes halogenated alkanes) is 1. The maximum atomic E-state index is 11.4. The fraction of sp³-hybridized carbons (Fsp3) is 0.600. The van der Waals surface area contributed by atoms with Crippen molar-refractivity contribution in [3.8, 4) is 5.75 Å². The minimum atomic E-state index is -0.245. The quantitative estimate of drug-likeness (QED) is 0.789. The SMILES string of the molecule is CCCCN(C)c1nc[nH]c(=O)c1OC. The fourth-order valence-electron chi connectivity index (χ4n) is 1.33. The standard InChI is InChI=1S/C10H17N3O2/c1-4-5-6-13(2)9-8(15-3)10(14)12-7-11-9/h7H,4-6H2,1-3H3,(H,11,12,14). The van der Waals surface area contributed by atoms with Crippen molar-refractivity contribution >= 4 is 5.82 Å². The summed E-state index contributed by atoms with van der Waals surface area (Å²) in [4.78, 5) is 19.9. The molecule has 0 aliphatic carbocycles. The zero-order valence-corrected chi connectivity index (χ0v) is 9.41. The molecular formula is C10H17N3O2. The van der Waals surface area contributed by atoms with Crippen molar-refractivity contribution in [3.05, 3.63) is 16.7 Å². The van der Waals surface area contributed by atoms with Gasteiger partial charge >= 0.3 is 0 Å². The van der Waals surface area contributed by atoms with Gasteiger partial charge in [-0.15, -0.1) is 0 Å². The Hall–Kier alpha value is -1.52. The van der Waals surface area contributed by atoms with Gasteiger partial charge in [-0.05, 0) is 6.42 Å². The third-order valence-corrected chi connectivity index (χ3v) is 2.20. The molecule has 0 fully saturated rings. The lowest BCUT2D eigenvalue weighted by atomic mass is 10.3. The van der Waals surface area contributed by atoms with Crippen LogP contribution in [0.15, 0.2) is 11.1 Å². The molecule has 1 aromatic rings. The van der Waals surface area contributed by atoms with Crippen molar-refractivity contribution in [2.24, 2.45) is 0 Å². The number of rotatable bonds is 5. The predicted molar refractivity (Wildman–Crippen MR) is 59.6 cm³/mol. The molecule has 0 aliphatic heterocycles. The topological polar surface area (TPSA) is 58.2 Å². The highest BCUT2D eigenvalue weighted by atomic mass is 16.5. The van der Waals surface area contributed by atoms with Crippen LogP contribution in [0.25, 0.3) is 0 Å². The van der Waals surface area contributed by atoms with Crippen molar-refractivity contribution in [3.63, 3.8) is 0 Å². The van der Waals surface area contributed by atoms with E-state index >= 15 is 0 Å². The Balaban J connectivity index is 2.92. The first kappa shape index (κ1) is 11.6. The minimum absolute atomic E-state index is 0.245. The van der Waals surface area contributed by atoms with Crippen LogP contribution >= 0.6 is 0 Å². The van der Waals surface area contributed by atoms with Gasteiger partial charge in [0.05, 0.1) is 13.4 Å². The molecule has 1 N–H and O–H groups in total. The third kappa shape index (κ3) is 2.71. The summed E-state index contributed by atoms with van der Waals surface area (Å²) in [6.45, 7) is 2.99. The van der Waals surface area contributed by atoms with Gasteiger partial charge in [0, 0.05) is 13.6 Å². The zero-order valence-electron chi connectivity index (χ0n) is 9.41. The number of methoxy groups -OCH3 is 1. The molecule has 1 aromatic heterocycles. The molecule has 15 heavy (non-hydrogen) atoms. The minimum Gasteiger partial charge on any atom is -0.489 e. The smallest absolute Gasteiger partial charge is 0.295 e. The molecule has 0 saturated carbocycles. The highest BCUT2D eigenvalue weighted by Gasteiger charge is 2.12. The van der Waals surface area contributed by atoms with E-state index in [4.69, 9.17) is 4.74 Å². The molecule has 84 valence electrons. The second-order valence-electron chi connectivity index (χ2n) is 3.36. The van der Waals surface area contributed by atoms with Crippen molar-refractivity contribution in [2.75, 3.05) is 25.6 Å². The second kappa shape index (κ2) is 5.38. The van der Waals surface area contributed by atoms with Gasteiger partial charge in [-0.25, -0.2) is 4.98 Å². The summed E-state index contributed by atoms with van der Waals surface area (Å²) >= 11 is 0. The van der Waals surface area contributed by atoms with Crippen molar-refractivity contribution in [2.45, 2.75) is 19.8 Å². The maximum absolute atomic E-state index is 11.4. The van der Waals surface area contributed by atoms with E-state index in [0.29, 0.717) is 5.82 Å². The van der Waals surface area contributed by atoms with Crippen molar-refractivity contribution < 1.29 is 4.74 Å². The third-order valence-electron chi connectivity index (χ3n) is 2.20. The van der Waals surface area contributed by atoms with Crippen LogP contribution in [0.5, 0.6) is 5.75 Å². The number of aromatic nitrogens is 2. The van der Waals surface area contributed by atoms with Gasteiger partial charge in [0.25, 0.3) is 5.56 Å². The van der Waals surface area contributed by atoms with E-state index in [-0.39, 0.29) is 11.3 Å². The zero-order chi connectivity index (χ0) is 11.3. The Bertz CT molecular complexity index is 362. The fourth-order valence-corrected chi connectivity index (χ4v) is 1.33. The number of aromatic amines is 1. The van der Waals surface area contributed by atoms with E-state index in [0.717, 1.165) is 19.4 Å². The first-order valence-electron chi connectivity index (χ1n) is 5.03. The van der Waals surface area contributed by atoms with Crippen LogP contribution in [0.2, 0.25) is 0 Å². The average molecular weight is 211 g/mol. The van der Waals surface area contributed by atoms with E-state index < -0.39 is 0 Å². The molecular weight excluding hydrogens is 194 g/mol. The molecule has 0 spiro atoms. The van der Waals surface area contributed by atoms with Crippen LogP contribution in [-0.2, 0) is 0 Å². The lowest BCUT2D eigenvalue weighted by Crippen LogP contribution is -2.23. The largest absolute Gasteiger partial charge is 0.489 e. The lowest BCUT2D eigenvalue weighted by molar-refractivity contribution is 0.406. The number of hydrogen-bond acceptors (Lipinski definition) is 4. The Labute approximate surface area is 89.1 Å². The van der Waals surface area contributed by atoms with E-state index in [1.165, 1.54) is 13.4 Å². The summed E-state index contributed by atoms with van der Waals surface area (Å²) in [5, 5.41) is 0. The molecule has 0 bridgehead atoms. The molecule has 1 rings (SSSR count). The Morgan fingerprint density at radius 3 is 2.93 bits per heavy atom. The van der Waals surface area contributed by atoms with Gasteiger partial charge in [0.2, 0.25) is 5.75 Å². The van der Waals surface area contributed by atoms with Crippen LogP contribution in [0.3, 0.4) is 0 Å². The molecule has 5 nitrogen and oxygen atoms in total. The number of ether oxygens (including phenoxy) is 1. The highest BCUT2D eigenvalue weighted by Crippen LogP contribution is 2.18. The van der Waals surface area contributed by atoms with E-state index in [2.05, 4.69) is 16.9 Å². The molecule has 0 aliphatic rings. The van der Waals surface area contributed by atoms with Crippen LogP contribution < -0.4 is 15.2 Å². The molecule has 1 heterocycles. The number of hydrogen-bond donors (Lipinski definition) is 1. The molecule has 0 saturated heterocycles. The summed E-state index contributed by atoms with van der Waals surface area (Å²) in [5.41, 5.74) is -0.245. The first-order valence-corrected chi connectivity index (χ1v) is 5.03. The van der Waals surface area contributed by atoms with Crippen LogP contribution in [-0.4, -0.2) is 30.7 Å².